The van der Waals surface area contributed by atoms with Gasteiger partial charge in [-0.05, 0) is 13.8 Å². The maximum atomic E-state index is 4.47. The number of aromatic nitrogens is 4. The van der Waals surface area contributed by atoms with Gasteiger partial charge in [-0.25, -0.2) is 19.9 Å². The van der Waals surface area contributed by atoms with Crippen LogP contribution < -0.4 is 4.90 Å². The van der Waals surface area contributed by atoms with Gasteiger partial charge in [0.05, 0.1) is 11.4 Å². The van der Waals surface area contributed by atoms with Gasteiger partial charge >= 0.3 is 0 Å². The summed E-state index contributed by atoms with van der Waals surface area (Å²) in [5.41, 5.74) is 3.23. The van der Waals surface area contributed by atoms with Gasteiger partial charge in [0.1, 0.15) is 6.33 Å². The highest BCUT2D eigenvalue weighted by Crippen LogP contribution is 2.18. The van der Waals surface area contributed by atoms with Crippen LogP contribution in [0.25, 0.3) is 11.2 Å². The first-order valence-electron chi connectivity index (χ1n) is 4.73. The lowest BCUT2D eigenvalue weighted by Gasteiger charge is -2.12. The van der Waals surface area contributed by atoms with Crippen LogP contribution in [0.5, 0.6) is 0 Å². The van der Waals surface area contributed by atoms with Gasteiger partial charge in [-0.15, -0.1) is 0 Å². The van der Waals surface area contributed by atoms with E-state index < -0.39 is 0 Å². The van der Waals surface area contributed by atoms with E-state index in [0.29, 0.717) is 5.65 Å². The number of rotatable bonds is 1. The minimum atomic E-state index is 0.650. The number of fused-ring (bicyclic) bond motifs is 1. The number of anilines is 1. The Morgan fingerprint density at radius 1 is 1.00 bits per heavy atom. The number of hydrogen-bond acceptors (Lipinski definition) is 5. The normalized spacial score (nSPS) is 10.7. The van der Waals surface area contributed by atoms with E-state index in [0.717, 1.165) is 22.7 Å². The Bertz CT molecular complexity index is 506. The molecule has 0 spiro atoms. The summed E-state index contributed by atoms with van der Waals surface area (Å²) in [6.07, 6.45) is 1.52. The quantitative estimate of drug-likeness (QED) is 0.694. The molecule has 0 fully saturated rings. The monoisotopic (exact) mass is 203 g/mol. The van der Waals surface area contributed by atoms with E-state index in [9.17, 15) is 0 Å². The van der Waals surface area contributed by atoms with Crippen LogP contribution in [0.4, 0.5) is 5.82 Å². The zero-order valence-electron chi connectivity index (χ0n) is 9.31. The SMILES string of the molecule is Cc1nc2ncnc(N(C)C)c2nc1C. The van der Waals surface area contributed by atoms with E-state index in [1.165, 1.54) is 6.33 Å². The molecule has 0 bridgehead atoms. The summed E-state index contributed by atoms with van der Waals surface area (Å²) in [6.45, 7) is 3.87. The van der Waals surface area contributed by atoms with Crippen molar-refractivity contribution in [3.8, 4) is 0 Å². The lowest BCUT2D eigenvalue weighted by Crippen LogP contribution is -2.12. The molecule has 0 N–H and O–H groups in total. The molecular formula is C10H13N5. The fraction of sp³-hybridized carbons (Fsp3) is 0.400. The van der Waals surface area contributed by atoms with E-state index in [1.54, 1.807) is 0 Å². The molecule has 0 unspecified atom stereocenters. The smallest absolute Gasteiger partial charge is 0.183 e. The van der Waals surface area contributed by atoms with Crippen molar-refractivity contribution in [2.24, 2.45) is 0 Å². The third kappa shape index (κ3) is 1.60. The molecule has 15 heavy (non-hydrogen) atoms. The Morgan fingerprint density at radius 3 is 2.33 bits per heavy atom. The fourth-order valence-electron chi connectivity index (χ4n) is 1.36. The molecule has 0 aromatic carbocycles. The van der Waals surface area contributed by atoms with E-state index in [4.69, 9.17) is 0 Å². The van der Waals surface area contributed by atoms with Gasteiger partial charge in [0.25, 0.3) is 0 Å². The second kappa shape index (κ2) is 3.42. The van der Waals surface area contributed by atoms with Crippen molar-refractivity contribution in [2.75, 3.05) is 19.0 Å². The zero-order chi connectivity index (χ0) is 11.0. The van der Waals surface area contributed by atoms with Crippen LogP contribution in [0.2, 0.25) is 0 Å². The van der Waals surface area contributed by atoms with Crippen LogP contribution in [0.15, 0.2) is 6.33 Å². The minimum absolute atomic E-state index is 0.650. The van der Waals surface area contributed by atoms with Crippen molar-refractivity contribution in [3.05, 3.63) is 17.7 Å². The molecule has 0 aliphatic carbocycles. The molecule has 0 amide bonds. The van der Waals surface area contributed by atoms with Gasteiger partial charge in [-0.1, -0.05) is 0 Å². The molecule has 2 heterocycles. The highest BCUT2D eigenvalue weighted by atomic mass is 15.2. The number of nitrogens with zero attached hydrogens (tertiary/aromatic N) is 5. The molecule has 5 heteroatoms. The summed E-state index contributed by atoms with van der Waals surface area (Å²) >= 11 is 0. The van der Waals surface area contributed by atoms with Gasteiger partial charge in [0, 0.05) is 14.1 Å². The predicted octanol–water partition coefficient (Wildman–Crippen LogP) is 1.10. The molecule has 5 nitrogen and oxygen atoms in total. The van der Waals surface area contributed by atoms with Crippen LogP contribution in [0.1, 0.15) is 11.4 Å². The van der Waals surface area contributed by atoms with E-state index in [1.807, 2.05) is 32.8 Å². The highest BCUT2D eigenvalue weighted by Gasteiger charge is 2.09. The summed E-state index contributed by atoms with van der Waals surface area (Å²) in [7, 11) is 3.86. The zero-order valence-corrected chi connectivity index (χ0v) is 9.31. The van der Waals surface area contributed by atoms with Gasteiger partial charge in [0.2, 0.25) is 0 Å². The van der Waals surface area contributed by atoms with Gasteiger partial charge in [0.15, 0.2) is 17.0 Å². The molecule has 2 aromatic heterocycles. The van der Waals surface area contributed by atoms with Crippen molar-refractivity contribution in [2.45, 2.75) is 13.8 Å². The molecule has 2 aromatic rings. The van der Waals surface area contributed by atoms with Crippen molar-refractivity contribution < 1.29 is 0 Å². The maximum absolute atomic E-state index is 4.47. The standard InChI is InChI=1S/C10H13N5/c1-6-7(2)14-9-8(13-6)10(15(3)4)12-5-11-9/h5H,1-4H3. The van der Waals surface area contributed by atoms with E-state index >= 15 is 0 Å². The van der Waals surface area contributed by atoms with Crippen LogP contribution in [-0.2, 0) is 0 Å². The second-order valence-electron chi connectivity index (χ2n) is 3.66. The summed E-state index contributed by atoms with van der Waals surface area (Å²) in [5.74, 6) is 0.801. The summed E-state index contributed by atoms with van der Waals surface area (Å²) < 4.78 is 0. The Morgan fingerprint density at radius 2 is 1.67 bits per heavy atom. The average molecular weight is 203 g/mol. The predicted molar refractivity (Wildman–Crippen MR) is 58.9 cm³/mol. The third-order valence-corrected chi connectivity index (χ3v) is 2.28. The number of aryl methyl sites for hydroxylation is 2. The van der Waals surface area contributed by atoms with Gasteiger partial charge in [-0.2, -0.15) is 0 Å². The Balaban J connectivity index is 2.80. The Labute approximate surface area is 88.2 Å². The van der Waals surface area contributed by atoms with Crippen molar-refractivity contribution >= 4 is 17.0 Å². The van der Waals surface area contributed by atoms with Gasteiger partial charge < -0.3 is 4.90 Å². The van der Waals surface area contributed by atoms with Crippen molar-refractivity contribution in [1.82, 2.24) is 19.9 Å². The Kier molecular flexibility index (Phi) is 2.22. The maximum Gasteiger partial charge on any atom is 0.183 e. The third-order valence-electron chi connectivity index (χ3n) is 2.28. The fourth-order valence-corrected chi connectivity index (χ4v) is 1.36. The molecule has 0 aliphatic heterocycles. The van der Waals surface area contributed by atoms with Crippen molar-refractivity contribution in [3.63, 3.8) is 0 Å². The molecule has 0 radical (unpaired) electrons. The summed E-state index contributed by atoms with van der Waals surface area (Å²) in [4.78, 5) is 19.1. The molecular weight excluding hydrogens is 190 g/mol. The first kappa shape index (κ1) is 9.76. The molecule has 0 saturated heterocycles. The highest BCUT2D eigenvalue weighted by molar-refractivity contribution is 5.82. The molecule has 0 atom stereocenters. The summed E-state index contributed by atoms with van der Waals surface area (Å²) in [6, 6.07) is 0. The van der Waals surface area contributed by atoms with Crippen molar-refractivity contribution in [1.29, 1.82) is 0 Å². The number of hydrogen-bond donors (Lipinski definition) is 0. The molecule has 78 valence electrons. The first-order chi connectivity index (χ1) is 7.09. The van der Waals surface area contributed by atoms with E-state index in [2.05, 4.69) is 19.9 Å². The van der Waals surface area contributed by atoms with Crippen LogP contribution in [0, 0.1) is 13.8 Å². The topological polar surface area (TPSA) is 54.8 Å². The second-order valence-corrected chi connectivity index (χ2v) is 3.66. The molecule has 2 rings (SSSR count). The Hall–Kier alpha value is -1.78. The first-order valence-corrected chi connectivity index (χ1v) is 4.73. The average Bonchev–Trinajstić information content (AvgIpc) is 2.18. The van der Waals surface area contributed by atoms with E-state index in [-0.39, 0.29) is 0 Å². The van der Waals surface area contributed by atoms with Gasteiger partial charge in [-0.3, -0.25) is 0 Å². The van der Waals surface area contributed by atoms with Crippen LogP contribution in [-0.4, -0.2) is 34.0 Å². The molecule has 0 saturated carbocycles. The minimum Gasteiger partial charge on any atom is -0.361 e. The lowest BCUT2D eigenvalue weighted by atomic mass is 10.3. The van der Waals surface area contributed by atoms with Crippen LogP contribution in [0.3, 0.4) is 0 Å². The van der Waals surface area contributed by atoms with Crippen LogP contribution >= 0.6 is 0 Å². The summed E-state index contributed by atoms with van der Waals surface area (Å²) in [5, 5.41) is 0. The lowest BCUT2D eigenvalue weighted by molar-refractivity contribution is 1.01. The largest absolute Gasteiger partial charge is 0.361 e. The molecule has 0 aliphatic rings.